The molecule has 2 heterocycles. The first-order chi connectivity index (χ1) is 14.6. The van der Waals surface area contributed by atoms with Gasteiger partial charge in [-0.2, -0.15) is 5.26 Å². The number of hydrogen-bond acceptors (Lipinski definition) is 5. The Morgan fingerprint density at radius 2 is 2.00 bits per heavy atom. The molecule has 0 fully saturated rings. The van der Waals surface area contributed by atoms with Crippen molar-refractivity contribution in [1.29, 1.82) is 5.26 Å². The fraction of sp³-hybridized carbons (Fsp3) is 0.174. The molecule has 0 aliphatic carbocycles. The van der Waals surface area contributed by atoms with Gasteiger partial charge >= 0.3 is 0 Å². The number of carbonyl (C=O) groups excluding carboxylic acids is 1. The van der Waals surface area contributed by atoms with Gasteiger partial charge in [-0.25, -0.2) is 4.98 Å². The van der Waals surface area contributed by atoms with E-state index in [0.717, 1.165) is 42.2 Å². The van der Waals surface area contributed by atoms with Crippen molar-refractivity contribution < 1.29 is 4.79 Å². The molecule has 1 aromatic heterocycles. The minimum absolute atomic E-state index is 0.0243. The zero-order valence-corrected chi connectivity index (χ0v) is 17.7. The number of amides is 1. The number of rotatable bonds is 5. The summed E-state index contributed by atoms with van der Waals surface area (Å²) in [6.45, 7) is 2.63. The van der Waals surface area contributed by atoms with Crippen LogP contribution in [0.5, 0.6) is 0 Å². The summed E-state index contributed by atoms with van der Waals surface area (Å²) in [5.74, 6) is -0.459. The van der Waals surface area contributed by atoms with Crippen LogP contribution >= 0.6 is 22.9 Å². The van der Waals surface area contributed by atoms with Gasteiger partial charge < -0.3 is 0 Å². The van der Waals surface area contributed by atoms with E-state index < -0.39 is 5.91 Å². The van der Waals surface area contributed by atoms with E-state index in [4.69, 9.17) is 11.6 Å². The van der Waals surface area contributed by atoms with Crippen molar-refractivity contribution in [2.24, 2.45) is 0 Å². The number of benzene rings is 2. The van der Waals surface area contributed by atoms with Crippen LogP contribution in [0, 0.1) is 11.3 Å². The zero-order valence-electron chi connectivity index (χ0n) is 16.1. The molecular weight excluding hydrogens is 416 g/mol. The van der Waals surface area contributed by atoms with Gasteiger partial charge in [0.1, 0.15) is 11.6 Å². The van der Waals surface area contributed by atoms with Crippen LogP contribution in [-0.2, 0) is 24.3 Å². The molecule has 0 saturated heterocycles. The Kier molecular flexibility index (Phi) is 6.24. The average molecular weight is 435 g/mol. The number of carbonyl (C=O) groups is 1. The Labute approximate surface area is 184 Å². The molecule has 1 amide bonds. The third-order valence-corrected chi connectivity index (χ3v) is 6.08. The molecule has 0 unspecified atom stereocenters. The highest BCUT2D eigenvalue weighted by Crippen LogP contribution is 2.29. The standard InChI is InChI=1S/C23H19ClN4OS/c24-19-8-6-16(7-9-19)12-18(13-25)22(29)27-23-26-20-10-11-28(15-21(20)30-23)14-17-4-2-1-3-5-17/h1-9,12H,10-11,14-15H2,(H,26,27,29)/b18-12+. The molecule has 1 aliphatic heterocycles. The Morgan fingerprint density at radius 1 is 1.23 bits per heavy atom. The number of fused-ring (bicyclic) bond motifs is 1. The monoisotopic (exact) mass is 434 g/mol. The van der Waals surface area contributed by atoms with E-state index in [1.807, 2.05) is 12.1 Å². The summed E-state index contributed by atoms with van der Waals surface area (Å²) in [4.78, 5) is 20.7. The van der Waals surface area contributed by atoms with Crippen LogP contribution in [0.25, 0.3) is 6.08 Å². The maximum absolute atomic E-state index is 12.6. The quantitative estimate of drug-likeness (QED) is 0.458. The molecular formula is C23H19ClN4OS. The van der Waals surface area contributed by atoms with E-state index in [1.165, 1.54) is 16.9 Å². The molecule has 0 bridgehead atoms. The third kappa shape index (κ3) is 4.95. The fourth-order valence-electron chi connectivity index (χ4n) is 3.32. The number of thiazole rings is 1. The highest BCUT2D eigenvalue weighted by molar-refractivity contribution is 7.15. The minimum atomic E-state index is -0.459. The number of hydrogen-bond donors (Lipinski definition) is 1. The van der Waals surface area contributed by atoms with Crippen LogP contribution in [-0.4, -0.2) is 22.3 Å². The summed E-state index contributed by atoms with van der Waals surface area (Å²) in [5.41, 5.74) is 3.07. The van der Waals surface area contributed by atoms with Gasteiger partial charge in [0.15, 0.2) is 5.13 Å². The molecule has 2 aromatic carbocycles. The number of nitrogens with zero attached hydrogens (tertiary/aromatic N) is 3. The van der Waals surface area contributed by atoms with Crippen LogP contribution < -0.4 is 5.32 Å². The molecule has 1 N–H and O–H groups in total. The average Bonchev–Trinajstić information content (AvgIpc) is 3.15. The minimum Gasteiger partial charge on any atom is -0.297 e. The summed E-state index contributed by atoms with van der Waals surface area (Å²) < 4.78 is 0. The molecule has 4 rings (SSSR count). The van der Waals surface area contributed by atoms with Crippen molar-refractivity contribution in [2.75, 3.05) is 11.9 Å². The molecule has 150 valence electrons. The van der Waals surface area contributed by atoms with Crippen molar-refractivity contribution in [3.8, 4) is 6.07 Å². The molecule has 0 spiro atoms. The van der Waals surface area contributed by atoms with E-state index in [0.29, 0.717) is 10.2 Å². The van der Waals surface area contributed by atoms with Gasteiger partial charge in [-0.3, -0.25) is 15.0 Å². The van der Waals surface area contributed by atoms with E-state index >= 15 is 0 Å². The summed E-state index contributed by atoms with van der Waals surface area (Å²) >= 11 is 7.36. The van der Waals surface area contributed by atoms with Gasteiger partial charge in [-0.1, -0.05) is 54.1 Å². The highest BCUT2D eigenvalue weighted by Gasteiger charge is 2.22. The maximum Gasteiger partial charge on any atom is 0.268 e. The van der Waals surface area contributed by atoms with E-state index in [1.54, 1.807) is 30.3 Å². The van der Waals surface area contributed by atoms with Gasteiger partial charge in [0.05, 0.1) is 5.69 Å². The fourth-order valence-corrected chi connectivity index (χ4v) is 4.49. The first kappa shape index (κ1) is 20.3. The van der Waals surface area contributed by atoms with Gasteiger partial charge in [-0.05, 0) is 29.3 Å². The Balaban J connectivity index is 1.43. The zero-order chi connectivity index (χ0) is 20.9. The lowest BCUT2D eigenvalue weighted by atomic mass is 10.1. The second kappa shape index (κ2) is 9.23. The molecule has 30 heavy (non-hydrogen) atoms. The summed E-state index contributed by atoms with van der Waals surface area (Å²) in [6, 6.07) is 19.3. The Morgan fingerprint density at radius 3 is 2.73 bits per heavy atom. The SMILES string of the molecule is N#C/C(=C\c1ccc(Cl)cc1)C(=O)Nc1nc2c(s1)CN(Cc1ccccc1)CC2. The lowest BCUT2D eigenvalue weighted by Gasteiger charge is -2.25. The molecule has 7 heteroatoms. The normalized spacial score (nSPS) is 14.1. The number of nitriles is 1. The molecule has 3 aromatic rings. The highest BCUT2D eigenvalue weighted by atomic mass is 35.5. The van der Waals surface area contributed by atoms with Crippen LogP contribution in [0.3, 0.4) is 0 Å². The van der Waals surface area contributed by atoms with Crippen molar-refractivity contribution in [2.45, 2.75) is 19.5 Å². The van der Waals surface area contributed by atoms with Crippen molar-refractivity contribution in [3.63, 3.8) is 0 Å². The number of nitrogens with one attached hydrogen (secondary N) is 1. The second-order valence-electron chi connectivity index (χ2n) is 7.01. The van der Waals surface area contributed by atoms with Gasteiger partial charge in [0, 0.05) is 36.0 Å². The molecule has 5 nitrogen and oxygen atoms in total. The molecule has 0 atom stereocenters. The predicted molar refractivity (Wildman–Crippen MR) is 120 cm³/mol. The maximum atomic E-state index is 12.6. The second-order valence-corrected chi connectivity index (χ2v) is 8.53. The first-order valence-corrected chi connectivity index (χ1v) is 10.7. The lowest BCUT2D eigenvalue weighted by molar-refractivity contribution is -0.112. The van der Waals surface area contributed by atoms with Crippen LogP contribution in [0.2, 0.25) is 5.02 Å². The largest absolute Gasteiger partial charge is 0.297 e. The van der Waals surface area contributed by atoms with E-state index in [2.05, 4.69) is 39.5 Å². The number of anilines is 1. The Hall–Kier alpha value is -2.98. The van der Waals surface area contributed by atoms with Gasteiger partial charge in [0.25, 0.3) is 5.91 Å². The molecule has 0 radical (unpaired) electrons. The van der Waals surface area contributed by atoms with Gasteiger partial charge in [-0.15, -0.1) is 11.3 Å². The van der Waals surface area contributed by atoms with Crippen LogP contribution in [0.1, 0.15) is 21.7 Å². The first-order valence-electron chi connectivity index (χ1n) is 9.54. The van der Waals surface area contributed by atoms with Crippen molar-refractivity contribution in [1.82, 2.24) is 9.88 Å². The summed E-state index contributed by atoms with van der Waals surface area (Å²) in [6.07, 6.45) is 2.39. The summed E-state index contributed by atoms with van der Waals surface area (Å²) in [5, 5.41) is 13.3. The Bertz CT molecular complexity index is 1120. The smallest absolute Gasteiger partial charge is 0.268 e. The van der Waals surface area contributed by atoms with Crippen LogP contribution in [0.15, 0.2) is 60.2 Å². The molecule has 0 saturated carbocycles. The van der Waals surface area contributed by atoms with E-state index in [-0.39, 0.29) is 5.57 Å². The molecule has 1 aliphatic rings. The number of halogens is 1. The van der Waals surface area contributed by atoms with Gasteiger partial charge in [0.2, 0.25) is 0 Å². The van der Waals surface area contributed by atoms with E-state index in [9.17, 15) is 10.1 Å². The van der Waals surface area contributed by atoms with Crippen molar-refractivity contribution in [3.05, 3.63) is 86.9 Å². The summed E-state index contributed by atoms with van der Waals surface area (Å²) in [7, 11) is 0. The number of aromatic nitrogens is 1. The van der Waals surface area contributed by atoms with Crippen molar-refractivity contribution >= 4 is 40.1 Å². The lowest BCUT2D eigenvalue weighted by Crippen LogP contribution is -2.29. The topological polar surface area (TPSA) is 69.0 Å². The van der Waals surface area contributed by atoms with Crippen LogP contribution in [0.4, 0.5) is 5.13 Å². The predicted octanol–water partition coefficient (Wildman–Crippen LogP) is 4.90. The third-order valence-electron chi connectivity index (χ3n) is 4.83.